The number of ether oxygens (including phenoxy) is 4. The largest absolute Gasteiger partial charge is 0.396 e. The molecule has 0 bridgehead atoms. The second-order valence-electron chi connectivity index (χ2n) is 15.2. The summed E-state index contributed by atoms with van der Waals surface area (Å²) in [4.78, 5) is 0. The minimum Gasteiger partial charge on any atom is -0.396 e. The van der Waals surface area contributed by atoms with Crippen molar-refractivity contribution < 1.29 is 54.7 Å². The van der Waals surface area contributed by atoms with Crippen LogP contribution < -0.4 is 33.2 Å². The standard InChI is InChI=1S/C10H23NO.C8H19NO4.C8H17NO.C7H16NO2P.C5H13NO.C4H11NO2/c1-2-3-4-5-6-7-8-10(11)9-12;10-3-7-12-5-1-9-2-6-13-8-4-11;9-5-7-3-1-2-4-8(7)6-10;1-5(2)8-6(4-9)7(11)10-3;1-5(2,4-7)6-3;5-1-3-7-4-2-6/h10,12H,2-9,11H2,1H3;9-11H,1-8H2;7-8,10H,1-6,9H2;5-6,8-9,11H,4H2,1-3H3;6-7H,4H2,1-3H3;6H,1-5H2. The Morgan fingerprint density at radius 2 is 1.25 bits per heavy atom. The molecule has 1 rings (SSSR count). The van der Waals surface area contributed by atoms with Crippen LogP contribution in [0.15, 0.2) is 0 Å². The minimum absolute atomic E-state index is 0.0103. The smallest absolute Gasteiger partial charge is 0.0902 e. The van der Waals surface area contributed by atoms with Gasteiger partial charge in [-0.1, -0.05) is 81.0 Å². The van der Waals surface area contributed by atoms with Crippen molar-refractivity contribution in [1.82, 2.24) is 16.0 Å². The van der Waals surface area contributed by atoms with Crippen LogP contribution in [-0.2, 0) is 18.9 Å². The van der Waals surface area contributed by atoms with Gasteiger partial charge in [0.1, 0.15) is 0 Å². The summed E-state index contributed by atoms with van der Waals surface area (Å²) in [5.41, 5.74) is 16.7. The Bertz CT molecular complexity index is 771. The molecule has 1 aliphatic rings. The van der Waals surface area contributed by atoms with Crippen LogP contribution in [0.25, 0.3) is 0 Å². The molecule has 0 aromatic heterocycles. The molecule has 0 radical (unpaired) electrons. The molecule has 0 amide bonds. The molecule has 368 valence electrons. The maximum Gasteiger partial charge on any atom is 0.0902 e. The molecule has 4 unspecified atom stereocenters. The highest BCUT2D eigenvalue weighted by Crippen LogP contribution is 2.28. The van der Waals surface area contributed by atoms with E-state index in [9.17, 15) is 0 Å². The first kappa shape index (κ1) is 68.5. The third kappa shape index (κ3) is 57.5. The van der Waals surface area contributed by atoms with Gasteiger partial charge in [0, 0.05) is 51.0 Å². The van der Waals surface area contributed by atoms with Crippen molar-refractivity contribution in [2.24, 2.45) is 29.0 Å². The van der Waals surface area contributed by atoms with Gasteiger partial charge in [-0.05, 0) is 58.5 Å². The molecule has 1 saturated carbocycles. The lowest BCUT2D eigenvalue weighted by Crippen LogP contribution is -2.43. The molecule has 1 aliphatic carbocycles. The van der Waals surface area contributed by atoms with Gasteiger partial charge in [-0.2, -0.15) is 0 Å². The predicted molar refractivity (Wildman–Crippen MR) is 250 cm³/mol. The molecular formula is C42H99N6O11P. The summed E-state index contributed by atoms with van der Waals surface area (Å²) in [7, 11) is 6.65. The van der Waals surface area contributed by atoms with E-state index in [0.29, 0.717) is 76.2 Å². The fourth-order valence-corrected chi connectivity index (χ4v) is 5.12. The van der Waals surface area contributed by atoms with Gasteiger partial charge in [0.05, 0.1) is 90.8 Å². The Balaban J connectivity index is -0.000000204. The molecule has 0 aliphatic heterocycles. The van der Waals surface area contributed by atoms with Crippen molar-refractivity contribution in [2.45, 2.75) is 129 Å². The summed E-state index contributed by atoms with van der Waals surface area (Å²) < 4.78 is 19.7. The molecule has 17 nitrogen and oxygen atoms in total. The lowest BCUT2D eigenvalue weighted by molar-refractivity contribution is 0.0835. The first-order valence-electron chi connectivity index (χ1n) is 22.2. The average Bonchev–Trinajstić information content (AvgIpc) is 3.27. The van der Waals surface area contributed by atoms with Gasteiger partial charge in [-0.15, -0.1) is 0 Å². The van der Waals surface area contributed by atoms with Crippen molar-refractivity contribution in [3.05, 3.63) is 0 Å². The highest BCUT2D eigenvalue weighted by atomic mass is 31.0. The molecule has 0 spiro atoms. The SMILES string of the molecule is CCCCCCCCC(N)CO.CNC(C)(C)CO.COC(=P)C(CO)NC(C)C.NCC1CCCCC1CO.NCCOCCO.OCCOCCNCCOCCO. The molecule has 0 aromatic rings. The van der Waals surface area contributed by atoms with Crippen LogP contribution in [0.5, 0.6) is 0 Å². The van der Waals surface area contributed by atoms with Crippen molar-refractivity contribution in [1.29, 1.82) is 0 Å². The molecule has 0 saturated heterocycles. The summed E-state index contributed by atoms with van der Waals surface area (Å²) >= 11 is 0. The molecule has 18 heteroatoms. The number of rotatable bonds is 31. The highest BCUT2D eigenvalue weighted by molar-refractivity contribution is 7.20. The Morgan fingerprint density at radius 1 is 0.750 bits per heavy atom. The maximum absolute atomic E-state index is 8.94. The number of aliphatic hydroxyl groups is 7. The van der Waals surface area contributed by atoms with E-state index in [1.54, 1.807) is 7.11 Å². The second kappa shape index (κ2) is 56.5. The Labute approximate surface area is 368 Å². The van der Waals surface area contributed by atoms with Crippen LogP contribution in [0.2, 0.25) is 0 Å². The van der Waals surface area contributed by atoms with E-state index in [-0.39, 0.29) is 57.3 Å². The van der Waals surface area contributed by atoms with Crippen molar-refractivity contribution >= 4 is 14.3 Å². The topological polar surface area (TPSA) is 293 Å². The Kier molecular flexibility index (Phi) is 64.6. The molecular weight excluding hydrogens is 795 g/mol. The molecule has 0 heterocycles. The zero-order chi connectivity index (χ0) is 46.7. The highest BCUT2D eigenvalue weighted by Gasteiger charge is 2.22. The Morgan fingerprint density at radius 3 is 1.60 bits per heavy atom. The maximum atomic E-state index is 8.94. The second-order valence-corrected chi connectivity index (χ2v) is 15.7. The molecule has 1 fully saturated rings. The lowest BCUT2D eigenvalue weighted by Gasteiger charge is -2.28. The van der Waals surface area contributed by atoms with Crippen LogP contribution in [0, 0.1) is 11.8 Å². The fraction of sp³-hybridized carbons (Fsp3) is 0.976. The summed E-state index contributed by atoms with van der Waals surface area (Å²) in [5, 5.41) is 69.0. The van der Waals surface area contributed by atoms with Gasteiger partial charge in [0.25, 0.3) is 0 Å². The van der Waals surface area contributed by atoms with Gasteiger partial charge in [0.2, 0.25) is 0 Å². The molecule has 4 atom stereocenters. The van der Waals surface area contributed by atoms with Gasteiger partial charge < -0.3 is 87.8 Å². The van der Waals surface area contributed by atoms with Gasteiger partial charge in [0.15, 0.2) is 0 Å². The first-order valence-corrected chi connectivity index (χ1v) is 22.7. The number of unbranched alkanes of at least 4 members (excludes halogenated alkanes) is 5. The average molecular weight is 895 g/mol. The van der Waals surface area contributed by atoms with Crippen molar-refractivity contribution in [2.75, 3.05) is 126 Å². The summed E-state index contributed by atoms with van der Waals surface area (Å²) in [6, 6.07) is 0.210. The van der Waals surface area contributed by atoms with E-state index in [1.165, 1.54) is 64.2 Å². The van der Waals surface area contributed by atoms with E-state index in [1.807, 2.05) is 34.7 Å². The molecule has 16 N–H and O–H groups in total. The summed E-state index contributed by atoms with van der Waals surface area (Å²) in [6.07, 6.45) is 13.7. The van der Waals surface area contributed by atoms with Crippen LogP contribution >= 0.6 is 8.86 Å². The van der Waals surface area contributed by atoms with E-state index in [2.05, 4.69) is 31.7 Å². The third-order valence-corrected chi connectivity index (χ3v) is 9.46. The van der Waals surface area contributed by atoms with Crippen LogP contribution in [-0.4, -0.2) is 191 Å². The third-order valence-electron chi connectivity index (χ3n) is 8.91. The number of hydrogen-bond acceptors (Lipinski definition) is 17. The molecule has 0 aromatic carbocycles. The number of nitrogens with one attached hydrogen (secondary N) is 3. The summed E-state index contributed by atoms with van der Waals surface area (Å²) in [6.45, 7) is 16.7. The first-order chi connectivity index (χ1) is 28.8. The fourth-order valence-electron chi connectivity index (χ4n) is 4.95. The predicted octanol–water partition coefficient (Wildman–Crippen LogP) is 0.589. The normalized spacial score (nSPS) is 15.6. The van der Waals surface area contributed by atoms with Crippen LogP contribution in [0.4, 0.5) is 0 Å². The van der Waals surface area contributed by atoms with E-state index in [0.717, 1.165) is 26.1 Å². The molecule has 60 heavy (non-hydrogen) atoms. The van der Waals surface area contributed by atoms with E-state index < -0.39 is 0 Å². The monoisotopic (exact) mass is 895 g/mol. The number of likely N-dealkylation sites (N-methyl/N-ethyl adjacent to an activating group) is 1. The van der Waals surface area contributed by atoms with E-state index >= 15 is 0 Å². The minimum atomic E-state index is -0.128. The van der Waals surface area contributed by atoms with Gasteiger partial charge in [-0.25, -0.2) is 0 Å². The van der Waals surface area contributed by atoms with Crippen LogP contribution in [0.1, 0.15) is 105 Å². The van der Waals surface area contributed by atoms with Crippen LogP contribution in [0.3, 0.4) is 0 Å². The van der Waals surface area contributed by atoms with Gasteiger partial charge in [-0.3, -0.25) is 0 Å². The number of aliphatic hydroxyl groups excluding tert-OH is 7. The van der Waals surface area contributed by atoms with Crippen molar-refractivity contribution in [3.63, 3.8) is 0 Å². The number of methoxy groups -OCH3 is 1. The zero-order valence-electron chi connectivity index (χ0n) is 39.2. The summed E-state index contributed by atoms with van der Waals surface area (Å²) in [5.74, 6) is 1.09. The lowest BCUT2D eigenvalue weighted by atomic mass is 9.80. The van der Waals surface area contributed by atoms with Gasteiger partial charge >= 0.3 is 0 Å². The van der Waals surface area contributed by atoms with E-state index in [4.69, 9.17) is 71.9 Å². The Hall–Kier alpha value is -0.510. The number of nitrogens with two attached hydrogens (primary N) is 3. The zero-order valence-corrected chi connectivity index (χ0v) is 40.2. The quantitative estimate of drug-likeness (QED) is 0.0335. The van der Waals surface area contributed by atoms with Crippen molar-refractivity contribution in [3.8, 4) is 0 Å². The number of hydrogen-bond donors (Lipinski definition) is 13.